The summed E-state index contributed by atoms with van der Waals surface area (Å²) in [5.41, 5.74) is 5.61. The molecule has 0 bridgehead atoms. The fourth-order valence-corrected chi connectivity index (χ4v) is 8.07. The molecule has 0 radical (unpaired) electrons. The molecule has 1 amide bonds. The number of benzene rings is 2. The SMILES string of the molecule is CCc1c(F)ccc2cc(O)cc(-c3ncc4c(N5CCCC[C@H](CC(N)=O)C5)nc(OC[C@@]56CCCN5C[C@H](F)C6)nc4c3F)c12. The number of nitrogens with two attached hydrogens (primary N) is 1. The van der Waals surface area contributed by atoms with Crippen LogP contribution in [0.1, 0.15) is 57.4 Å². The second kappa shape index (κ2) is 12.4. The Morgan fingerprint density at radius 1 is 1.15 bits per heavy atom. The summed E-state index contributed by atoms with van der Waals surface area (Å²) in [4.78, 5) is 29.9. The average Bonchev–Trinajstić information content (AvgIpc) is 3.46. The Hall–Kier alpha value is -4.19. The van der Waals surface area contributed by atoms with Gasteiger partial charge in [-0.05, 0) is 79.1 Å². The number of aromatic hydroxyl groups is 1. The largest absolute Gasteiger partial charge is 0.508 e. The number of aryl methyl sites for hydroxylation is 1. The number of amides is 1. The highest BCUT2D eigenvalue weighted by Crippen LogP contribution is 2.42. The van der Waals surface area contributed by atoms with E-state index in [0.717, 1.165) is 38.6 Å². The van der Waals surface area contributed by atoms with Crippen LogP contribution in [0, 0.1) is 17.6 Å². The van der Waals surface area contributed by atoms with Crippen molar-refractivity contribution in [2.75, 3.05) is 37.7 Å². The molecule has 7 rings (SSSR count). The van der Waals surface area contributed by atoms with Crippen molar-refractivity contribution in [1.82, 2.24) is 19.9 Å². The lowest BCUT2D eigenvalue weighted by molar-refractivity contribution is -0.118. The quantitative estimate of drug-likeness (QED) is 0.245. The van der Waals surface area contributed by atoms with Crippen molar-refractivity contribution in [3.63, 3.8) is 0 Å². The summed E-state index contributed by atoms with van der Waals surface area (Å²) in [5, 5.41) is 12.0. The lowest BCUT2D eigenvalue weighted by atomic mass is 9.94. The predicted octanol–water partition coefficient (Wildman–Crippen LogP) is 5.83. The van der Waals surface area contributed by atoms with E-state index < -0.39 is 23.3 Å². The number of phenols is 1. The molecule has 0 aliphatic carbocycles. The van der Waals surface area contributed by atoms with Crippen molar-refractivity contribution in [2.24, 2.45) is 11.7 Å². The number of anilines is 1. The molecule has 248 valence electrons. The van der Waals surface area contributed by atoms with E-state index >= 15 is 4.39 Å². The van der Waals surface area contributed by atoms with Gasteiger partial charge in [0.25, 0.3) is 0 Å². The number of hydrogen-bond acceptors (Lipinski definition) is 8. The summed E-state index contributed by atoms with van der Waals surface area (Å²) in [7, 11) is 0. The van der Waals surface area contributed by atoms with E-state index in [4.69, 9.17) is 15.5 Å². The highest BCUT2D eigenvalue weighted by atomic mass is 19.1. The van der Waals surface area contributed by atoms with Crippen LogP contribution in [0.4, 0.5) is 19.0 Å². The number of carbonyl (C=O) groups is 1. The number of ether oxygens (including phenoxy) is 1. The molecule has 3 aliphatic heterocycles. The number of hydrogen-bond donors (Lipinski definition) is 2. The molecular formula is C35H39F3N6O3. The molecule has 5 heterocycles. The molecule has 3 N–H and O–H groups in total. The van der Waals surface area contributed by atoms with Crippen molar-refractivity contribution in [3.8, 4) is 23.0 Å². The standard InChI is InChI=1S/C35H39F3N6O3/c1-2-24-27(37)8-7-21-13-23(45)14-25(29(21)24)31-30(38)32-26(16-40-31)33(43-10-4-3-6-20(17-43)12-28(39)46)42-34(41-32)47-19-35-9-5-11-44(35)18-22(36)15-35/h7-8,13-14,16,20,22,45H,2-6,9-12,15,17-19H2,1H3,(H2,39,46)/t20-,22-,35+/m1/s1. The van der Waals surface area contributed by atoms with Crippen LogP contribution in [-0.2, 0) is 11.2 Å². The van der Waals surface area contributed by atoms with Crippen molar-refractivity contribution in [3.05, 3.63) is 47.7 Å². The minimum Gasteiger partial charge on any atom is -0.508 e. The predicted molar refractivity (Wildman–Crippen MR) is 173 cm³/mol. The zero-order valence-corrected chi connectivity index (χ0v) is 26.4. The normalized spacial score (nSPS) is 23.4. The van der Waals surface area contributed by atoms with Crippen LogP contribution in [0.15, 0.2) is 30.5 Å². The van der Waals surface area contributed by atoms with Crippen LogP contribution >= 0.6 is 0 Å². The number of carbonyl (C=O) groups excluding carboxylic acids is 1. The van der Waals surface area contributed by atoms with Gasteiger partial charge in [-0.3, -0.25) is 14.7 Å². The topological polar surface area (TPSA) is 118 Å². The molecule has 0 spiro atoms. The van der Waals surface area contributed by atoms with Crippen molar-refractivity contribution < 1.29 is 27.8 Å². The number of pyridine rings is 1. The van der Waals surface area contributed by atoms with Crippen LogP contribution in [0.2, 0.25) is 0 Å². The number of primary amides is 1. The second-order valence-electron chi connectivity index (χ2n) is 13.3. The first kappa shape index (κ1) is 31.4. The van der Waals surface area contributed by atoms with Gasteiger partial charge in [-0.1, -0.05) is 19.4 Å². The Morgan fingerprint density at radius 2 is 2.00 bits per heavy atom. The number of alkyl halides is 1. The second-order valence-corrected chi connectivity index (χ2v) is 13.3. The Kier molecular flexibility index (Phi) is 8.32. The van der Waals surface area contributed by atoms with Gasteiger partial charge < -0.3 is 20.5 Å². The summed E-state index contributed by atoms with van der Waals surface area (Å²) in [6.45, 7) is 4.24. The first-order valence-electron chi connectivity index (χ1n) is 16.5. The lowest BCUT2D eigenvalue weighted by Crippen LogP contribution is -2.43. The zero-order chi connectivity index (χ0) is 32.9. The summed E-state index contributed by atoms with van der Waals surface area (Å²) in [6, 6.07) is 5.76. The zero-order valence-electron chi connectivity index (χ0n) is 26.4. The first-order chi connectivity index (χ1) is 22.7. The summed E-state index contributed by atoms with van der Waals surface area (Å²) >= 11 is 0. The number of halogens is 3. The molecule has 3 saturated heterocycles. The maximum atomic E-state index is 16.9. The lowest BCUT2D eigenvalue weighted by Gasteiger charge is -2.31. The van der Waals surface area contributed by atoms with Crippen LogP contribution in [0.25, 0.3) is 32.9 Å². The number of aromatic nitrogens is 3. The van der Waals surface area contributed by atoms with Crippen molar-refractivity contribution in [2.45, 2.75) is 70.0 Å². The molecule has 47 heavy (non-hydrogen) atoms. The van der Waals surface area contributed by atoms with E-state index in [-0.39, 0.29) is 53.4 Å². The van der Waals surface area contributed by atoms with Gasteiger partial charge in [0, 0.05) is 44.2 Å². The maximum Gasteiger partial charge on any atom is 0.319 e. The number of fused-ring (bicyclic) bond motifs is 3. The van der Waals surface area contributed by atoms with Gasteiger partial charge >= 0.3 is 6.01 Å². The number of nitrogens with zero attached hydrogens (tertiary/aromatic N) is 5. The molecule has 2 aromatic carbocycles. The molecule has 9 nitrogen and oxygen atoms in total. The molecule has 0 saturated carbocycles. The van der Waals surface area contributed by atoms with Gasteiger partial charge in [0.1, 0.15) is 41.4 Å². The monoisotopic (exact) mass is 648 g/mol. The van der Waals surface area contributed by atoms with Crippen LogP contribution in [0.5, 0.6) is 11.8 Å². The van der Waals surface area contributed by atoms with Gasteiger partial charge in [0.15, 0.2) is 5.82 Å². The molecule has 3 atom stereocenters. The Labute approximate surface area is 270 Å². The van der Waals surface area contributed by atoms with E-state index in [1.807, 2.05) is 11.8 Å². The molecule has 2 aromatic heterocycles. The number of rotatable bonds is 8. The third kappa shape index (κ3) is 5.81. The van der Waals surface area contributed by atoms with Crippen LogP contribution in [-0.4, -0.2) is 75.4 Å². The van der Waals surface area contributed by atoms with E-state index in [0.29, 0.717) is 60.0 Å². The third-order valence-corrected chi connectivity index (χ3v) is 10.2. The van der Waals surface area contributed by atoms with Gasteiger partial charge in [-0.15, -0.1) is 0 Å². The highest BCUT2D eigenvalue weighted by molar-refractivity contribution is 6.01. The number of phenolic OH excluding ortho intramolecular Hbond substituents is 1. The Balaban J connectivity index is 1.37. The van der Waals surface area contributed by atoms with Gasteiger partial charge in [0.05, 0.1) is 10.9 Å². The molecular weight excluding hydrogens is 609 g/mol. The molecule has 12 heteroatoms. The maximum absolute atomic E-state index is 16.9. The summed E-state index contributed by atoms with van der Waals surface area (Å²) in [5.74, 6) is -1.26. The summed E-state index contributed by atoms with van der Waals surface area (Å²) < 4.78 is 52.6. The third-order valence-electron chi connectivity index (χ3n) is 10.2. The van der Waals surface area contributed by atoms with E-state index in [2.05, 4.69) is 14.9 Å². The Morgan fingerprint density at radius 3 is 2.81 bits per heavy atom. The van der Waals surface area contributed by atoms with Gasteiger partial charge in [-0.2, -0.15) is 9.97 Å². The summed E-state index contributed by atoms with van der Waals surface area (Å²) in [6.07, 6.45) is 5.79. The molecule has 0 unspecified atom stereocenters. The molecule has 4 aromatic rings. The minimum absolute atomic E-state index is 0.00612. The van der Waals surface area contributed by atoms with Gasteiger partial charge in [0.2, 0.25) is 5.91 Å². The van der Waals surface area contributed by atoms with Crippen molar-refractivity contribution >= 4 is 33.4 Å². The van der Waals surface area contributed by atoms with Crippen LogP contribution in [0.3, 0.4) is 0 Å². The fourth-order valence-electron chi connectivity index (χ4n) is 8.07. The minimum atomic E-state index is -0.938. The van der Waals surface area contributed by atoms with Gasteiger partial charge in [-0.25, -0.2) is 13.2 Å². The fraction of sp³-hybridized carbons (Fsp3) is 0.486. The average molecular weight is 649 g/mol. The van der Waals surface area contributed by atoms with E-state index in [1.165, 1.54) is 24.4 Å². The van der Waals surface area contributed by atoms with E-state index in [9.17, 15) is 18.7 Å². The first-order valence-corrected chi connectivity index (χ1v) is 16.5. The highest BCUT2D eigenvalue weighted by Gasteiger charge is 2.49. The van der Waals surface area contributed by atoms with E-state index in [1.54, 1.807) is 6.07 Å². The smallest absolute Gasteiger partial charge is 0.319 e. The Bertz CT molecular complexity index is 1860. The molecule has 3 fully saturated rings. The molecule has 3 aliphatic rings. The van der Waals surface area contributed by atoms with Crippen molar-refractivity contribution in [1.29, 1.82) is 0 Å². The van der Waals surface area contributed by atoms with Crippen LogP contribution < -0.4 is 15.4 Å².